The Morgan fingerprint density at radius 2 is 2.00 bits per heavy atom. The number of nitrogens with zero attached hydrogens (tertiary/aromatic N) is 2. The maximum Gasteiger partial charge on any atom is 0.273 e. The topological polar surface area (TPSA) is 46.9 Å². The van der Waals surface area contributed by atoms with Crippen molar-refractivity contribution in [2.75, 3.05) is 0 Å². The van der Waals surface area contributed by atoms with Crippen molar-refractivity contribution in [2.24, 2.45) is 0 Å². The van der Waals surface area contributed by atoms with Gasteiger partial charge < -0.3 is 5.32 Å². The molecule has 1 aromatic heterocycles. The summed E-state index contributed by atoms with van der Waals surface area (Å²) < 4.78 is 2.89. The van der Waals surface area contributed by atoms with Crippen LogP contribution in [0, 0.1) is 0 Å². The van der Waals surface area contributed by atoms with Crippen molar-refractivity contribution in [3.8, 4) is 0 Å². The van der Waals surface area contributed by atoms with Gasteiger partial charge >= 0.3 is 0 Å². The fraction of sp³-hybridized carbons (Fsp3) is 0.714. The highest BCUT2D eigenvalue weighted by atomic mass is 79.9. The molecular weight excluding hydrogens is 306 g/mol. The van der Waals surface area contributed by atoms with Gasteiger partial charge in [0.25, 0.3) is 5.91 Å². The number of hydrogen-bond donors (Lipinski definition) is 1. The van der Waals surface area contributed by atoms with E-state index >= 15 is 0 Å². The van der Waals surface area contributed by atoms with Gasteiger partial charge in [-0.2, -0.15) is 5.10 Å². The van der Waals surface area contributed by atoms with Crippen LogP contribution in [-0.4, -0.2) is 21.7 Å². The van der Waals surface area contributed by atoms with E-state index in [1.54, 1.807) is 0 Å². The summed E-state index contributed by atoms with van der Waals surface area (Å²) in [6, 6.07) is 0.340. The van der Waals surface area contributed by atoms with Gasteiger partial charge in [0, 0.05) is 12.6 Å². The highest BCUT2D eigenvalue weighted by Crippen LogP contribution is 2.27. The molecule has 2 heterocycles. The van der Waals surface area contributed by atoms with E-state index in [9.17, 15) is 4.79 Å². The van der Waals surface area contributed by atoms with Crippen molar-refractivity contribution in [3.05, 3.63) is 15.9 Å². The van der Waals surface area contributed by atoms with Gasteiger partial charge in [-0.3, -0.25) is 9.48 Å². The van der Waals surface area contributed by atoms with Crippen molar-refractivity contribution >= 4 is 21.8 Å². The van der Waals surface area contributed by atoms with E-state index in [1.807, 2.05) is 4.68 Å². The fourth-order valence-electron chi connectivity index (χ4n) is 3.10. The lowest BCUT2D eigenvalue weighted by molar-refractivity contribution is 0.0921. The molecule has 1 amide bonds. The zero-order valence-electron chi connectivity index (χ0n) is 11.1. The number of halogens is 1. The maximum atomic E-state index is 12.3. The average Bonchev–Trinajstić information content (AvgIpc) is 2.78. The van der Waals surface area contributed by atoms with Crippen LogP contribution in [0.3, 0.4) is 0 Å². The maximum absolute atomic E-state index is 12.3. The highest BCUT2D eigenvalue weighted by molar-refractivity contribution is 9.10. The van der Waals surface area contributed by atoms with Crippen LogP contribution < -0.4 is 5.32 Å². The summed E-state index contributed by atoms with van der Waals surface area (Å²) in [5.74, 6) is -0.0133. The number of rotatable bonds is 2. The molecular formula is C14H20BrN3O. The first-order chi connectivity index (χ1) is 9.25. The van der Waals surface area contributed by atoms with Crippen molar-refractivity contribution in [3.63, 3.8) is 0 Å². The minimum absolute atomic E-state index is 0.0133. The molecule has 4 nitrogen and oxygen atoms in total. The SMILES string of the molecule is O=C(NC1CCCCC1)c1nn2c(c1Br)CCCC2. The first kappa shape index (κ1) is 13.2. The monoisotopic (exact) mass is 325 g/mol. The summed E-state index contributed by atoms with van der Waals surface area (Å²) in [5.41, 5.74) is 1.75. The summed E-state index contributed by atoms with van der Waals surface area (Å²) >= 11 is 3.56. The molecule has 1 aromatic rings. The molecule has 0 radical (unpaired) electrons. The molecule has 0 saturated heterocycles. The molecule has 1 fully saturated rings. The molecule has 0 unspecified atom stereocenters. The van der Waals surface area contributed by atoms with E-state index < -0.39 is 0 Å². The van der Waals surface area contributed by atoms with E-state index in [-0.39, 0.29) is 5.91 Å². The Hall–Kier alpha value is -0.840. The normalized spacial score (nSPS) is 20.1. The van der Waals surface area contributed by atoms with Gasteiger partial charge in [-0.25, -0.2) is 0 Å². The van der Waals surface area contributed by atoms with Gasteiger partial charge in [-0.1, -0.05) is 19.3 Å². The molecule has 1 aliphatic carbocycles. The van der Waals surface area contributed by atoms with Crippen LogP contribution in [0.1, 0.15) is 61.1 Å². The summed E-state index contributed by atoms with van der Waals surface area (Å²) in [5, 5.41) is 7.61. The lowest BCUT2D eigenvalue weighted by Gasteiger charge is -2.22. The first-order valence-electron chi connectivity index (χ1n) is 7.32. The van der Waals surface area contributed by atoms with E-state index in [0.717, 1.165) is 36.7 Å². The largest absolute Gasteiger partial charge is 0.348 e. The minimum atomic E-state index is -0.0133. The van der Waals surface area contributed by atoms with Crippen molar-refractivity contribution < 1.29 is 4.79 Å². The third-order valence-corrected chi connectivity index (χ3v) is 5.02. The zero-order valence-corrected chi connectivity index (χ0v) is 12.7. The third kappa shape index (κ3) is 2.71. The van der Waals surface area contributed by atoms with Gasteiger partial charge in [0.1, 0.15) is 0 Å². The Morgan fingerprint density at radius 3 is 2.74 bits per heavy atom. The van der Waals surface area contributed by atoms with E-state index in [4.69, 9.17) is 0 Å². The molecule has 0 spiro atoms. The molecule has 2 aliphatic rings. The van der Waals surface area contributed by atoms with Crippen LogP contribution in [-0.2, 0) is 13.0 Å². The summed E-state index contributed by atoms with van der Waals surface area (Å²) in [7, 11) is 0. The Labute approximate surface area is 122 Å². The lowest BCUT2D eigenvalue weighted by atomic mass is 9.95. The van der Waals surface area contributed by atoms with Gasteiger partial charge in [-0.05, 0) is 48.0 Å². The average molecular weight is 326 g/mol. The number of aryl methyl sites for hydroxylation is 1. The number of carbonyl (C=O) groups excluding carboxylic acids is 1. The number of amides is 1. The second-order valence-corrected chi connectivity index (χ2v) is 6.39. The summed E-state index contributed by atoms with van der Waals surface area (Å²) in [6.45, 7) is 0.935. The van der Waals surface area contributed by atoms with Crippen LogP contribution in [0.5, 0.6) is 0 Å². The predicted molar refractivity (Wildman–Crippen MR) is 77.2 cm³/mol. The van der Waals surface area contributed by atoms with E-state index in [1.165, 1.54) is 31.4 Å². The molecule has 3 rings (SSSR count). The van der Waals surface area contributed by atoms with Crippen molar-refractivity contribution in [1.82, 2.24) is 15.1 Å². The molecule has 1 N–H and O–H groups in total. The van der Waals surface area contributed by atoms with Gasteiger partial charge in [-0.15, -0.1) is 0 Å². The number of carbonyl (C=O) groups is 1. The Balaban J connectivity index is 1.74. The standard InChI is InChI=1S/C14H20BrN3O/c15-12-11-8-4-5-9-18(11)17-13(12)14(19)16-10-6-2-1-3-7-10/h10H,1-9H2,(H,16,19). The molecule has 0 aromatic carbocycles. The molecule has 104 valence electrons. The zero-order chi connectivity index (χ0) is 13.2. The number of nitrogens with one attached hydrogen (secondary N) is 1. The smallest absolute Gasteiger partial charge is 0.273 e. The van der Waals surface area contributed by atoms with E-state index in [0.29, 0.717) is 11.7 Å². The number of hydrogen-bond acceptors (Lipinski definition) is 2. The fourth-order valence-corrected chi connectivity index (χ4v) is 3.76. The summed E-state index contributed by atoms with van der Waals surface area (Å²) in [6.07, 6.45) is 9.34. The van der Waals surface area contributed by atoms with Gasteiger partial charge in [0.2, 0.25) is 0 Å². The summed E-state index contributed by atoms with van der Waals surface area (Å²) in [4.78, 5) is 12.3. The molecule has 19 heavy (non-hydrogen) atoms. The molecule has 1 aliphatic heterocycles. The Kier molecular flexibility index (Phi) is 3.91. The second kappa shape index (κ2) is 5.65. The molecule has 5 heteroatoms. The van der Waals surface area contributed by atoms with E-state index in [2.05, 4.69) is 26.3 Å². The minimum Gasteiger partial charge on any atom is -0.348 e. The van der Waals surface area contributed by atoms with Crippen molar-refractivity contribution in [1.29, 1.82) is 0 Å². The third-order valence-electron chi connectivity index (χ3n) is 4.18. The Morgan fingerprint density at radius 1 is 1.21 bits per heavy atom. The van der Waals surface area contributed by atoms with Gasteiger partial charge in [0.05, 0.1) is 10.2 Å². The van der Waals surface area contributed by atoms with Crippen LogP contribution in [0.2, 0.25) is 0 Å². The van der Waals surface area contributed by atoms with Crippen LogP contribution >= 0.6 is 15.9 Å². The first-order valence-corrected chi connectivity index (χ1v) is 8.11. The van der Waals surface area contributed by atoms with Gasteiger partial charge in [0.15, 0.2) is 5.69 Å². The number of aromatic nitrogens is 2. The molecule has 1 saturated carbocycles. The number of fused-ring (bicyclic) bond motifs is 1. The van der Waals surface area contributed by atoms with Crippen LogP contribution in [0.4, 0.5) is 0 Å². The molecule has 0 bridgehead atoms. The van der Waals surface area contributed by atoms with Crippen LogP contribution in [0.15, 0.2) is 4.47 Å². The highest BCUT2D eigenvalue weighted by Gasteiger charge is 2.25. The van der Waals surface area contributed by atoms with Crippen molar-refractivity contribution in [2.45, 2.75) is 64.0 Å². The second-order valence-electron chi connectivity index (χ2n) is 5.60. The predicted octanol–water partition coefficient (Wildman–Crippen LogP) is 3.04. The Bertz CT molecular complexity index is 477. The lowest BCUT2D eigenvalue weighted by Crippen LogP contribution is -2.36. The van der Waals surface area contributed by atoms with Crippen LogP contribution in [0.25, 0.3) is 0 Å². The molecule has 0 atom stereocenters. The quantitative estimate of drug-likeness (QED) is 0.908.